The summed E-state index contributed by atoms with van der Waals surface area (Å²) >= 11 is 1.65. The monoisotopic (exact) mass is 349 g/mol. The summed E-state index contributed by atoms with van der Waals surface area (Å²) in [6, 6.07) is 9.53. The molecular formula is C18H23NO4S. The standard InChI is InChI=1S/C18H23NO4S/c1-22-15-6-5-14(17(12-15)23-2)13-19(9-10-20)18(21)8-7-16-4-3-11-24-16/h3-6,11-12,20H,7-10,13H2,1-2H3. The van der Waals surface area contributed by atoms with E-state index in [0.717, 1.165) is 12.0 Å². The molecule has 5 nitrogen and oxygen atoms in total. The van der Waals surface area contributed by atoms with E-state index in [1.165, 1.54) is 4.88 Å². The van der Waals surface area contributed by atoms with Crippen LogP contribution in [0, 0.1) is 0 Å². The molecule has 0 aliphatic heterocycles. The molecule has 0 spiro atoms. The SMILES string of the molecule is COc1ccc(CN(CCO)C(=O)CCc2cccs2)c(OC)c1. The molecule has 0 radical (unpaired) electrons. The van der Waals surface area contributed by atoms with Crippen molar-refractivity contribution in [3.8, 4) is 11.5 Å². The fourth-order valence-electron chi connectivity index (χ4n) is 2.44. The molecule has 0 saturated heterocycles. The molecule has 6 heteroatoms. The number of aliphatic hydroxyl groups excluding tert-OH is 1. The Kier molecular flexibility index (Phi) is 7.08. The molecule has 2 aromatic rings. The van der Waals surface area contributed by atoms with Crippen molar-refractivity contribution >= 4 is 17.2 Å². The molecule has 0 fully saturated rings. The van der Waals surface area contributed by atoms with Crippen molar-refractivity contribution in [3.63, 3.8) is 0 Å². The van der Waals surface area contributed by atoms with Crippen LogP contribution in [-0.2, 0) is 17.8 Å². The van der Waals surface area contributed by atoms with Gasteiger partial charge in [-0.05, 0) is 30.0 Å². The van der Waals surface area contributed by atoms with Gasteiger partial charge in [-0.2, -0.15) is 0 Å². The van der Waals surface area contributed by atoms with Gasteiger partial charge in [-0.15, -0.1) is 11.3 Å². The smallest absolute Gasteiger partial charge is 0.223 e. The van der Waals surface area contributed by atoms with Gasteiger partial charge in [-0.3, -0.25) is 4.79 Å². The zero-order chi connectivity index (χ0) is 17.4. The third kappa shape index (κ3) is 4.97. The number of carbonyl (C=O) groups excluding carboxylic acids is 1. The number of carbonyl (C=O) groups is 1. The maximum Gasteiger partial charge on any atom is 0.223 e. The van der Waals surface area contributed by atoms with E-state index in [2.05, 4.69) is 0 Å². The van der Waals surface area contributed by atoms with Gasteiger partial charge in [-0.1, -0.05) is 6.07 Å². The molecule has 1 N–H and O–H groups in total. The molecule has 130 valence electrons. The fraction of sp³-hybridized carbons (Fsp3) is 0.389. The summed E-state index contributed by atoms with van der Waals surface area (Å²) in [6.07, 6.45) is 1.15. The molecule has 1 heterocycles. The lowest BCUT2D eigenvalue weighted by atomic mass is 10.1. The predicted molar refractivity (Wildman–Crippen MR) is 94.7 cm³/mol. The number of thiophene rings is 1. The van der Waals surface area contributed by atoms with E-state index in [0.29, 0.717) is 31.0 Å². The topological polar surface area (TPSA) is 59.0 Å². The van der Waals surface area contributed by atoms with Gasteiger partial charge in [0.15, 0.2) is 0 Å². The average molecular weight is 349 g/mol. The van der Waals surface area contributed by atoms with Crippen LogP contribution in [0.2, 0.25) is 0 Å². The maximum atomic E-state index is 12.5. The molecule has 1 aromatic carbocycles. The van der Waals surface area contributed by atoms with Crippen molar-refractivity contribution in [2.75, 3.05) is 27.4 Å². The number of ether oxygens (including phenoxy) is 2. The lowest BCUT2D eigenvalue weighted by Gasteiger charge is -2.23. The normalized spacial score (nSPS) is 10.5. The molecule has 0 saturated carbocycles. The molecule has 0 aliphatic carbocycles. The summed E-state index contributed by atoms with van der Waals surface area (Å²) < 4.78 is 10.6. The lowest BCUT2D eigenvalue weighted by molar-refractivity contribution is -0.132. The highest BCUT2D eigenvalue weighted by molar-refractivity contribution is 7.09. The number of methoxy groups -OCH3 is 2. The number of hydrogen-bond acceptors (Lipinski definition) is 5. The number of hydrogen-bond donors (Lipinski definition) is 1. The zero-order valence-corrected chi connectivity index (χ0v) is 14.8. The highest BCUT2D eigenvalue weighted by Crippen LogP contribution is 2.26. The van der Waals surface area contributed by atoms with Gasteiger partial charge >= 0.3 is 0 Å². The van der Waals surface area contributed by atoms with Crippen LogP contribution in [0.3, 0.4) is 0 Å². The van der Waals surface area contributed by atoms with Gasteiger partial charge in [0.05, 0.1) is 20.8 Å². The van der Waals surface area contributed by atoms with E-state index < -0.39 is 0 Å². The summed E-state index contributed by atoms with van der Waals surface area (Å²) in [6.45, 7) is 0.638. The molecule has 24 heavy (non-hydrogen) atoms. The fourth-order valence-corrected chi connectivity index (χ4v) is 3.15. The molecule has 2 rings (SSSR count). The van der Waals surface area contributed by atoms with Gasteiger partial charge in [0.1, 0.15) is 11.5 Å². The lowest BCUT2D eigenvalue weighted by Crippen LogP contribution is -2.33. The Morgan fingerprint density at radius 3 is 2.71 bits per heavy atom. The third-order valence-corrected chi connectivity index (χ3v) is 4.68. The quantitative estimate of drug-likeness (QED) is 0.756. The first-order valence-corrected chi connectivity index (χ1v) is 8.67. The van der Waals surface area contributed by atoms with E-state index >= 15 is 0 Å². The third-order valence-electron chi connectivity index (χ3n) is 3.74. The van der Waals surface area contributed by atoms with Gasteiger partial charge in [-0.25, -0.2) is 0 Å². The minimum atomic E-state index is -0.0663. The Hall–Kier alpha value is -2.05. The molecule has 0 unspecified atom stereocenters. The van der Waals surface area contributed by atoms with E-state index in [-0.39, 0.29) is 12.5 Å². The molecular weight excluding hydrogens is 326 g/mol. The minimum absolute atomic E-state index is 0.0234. The van der Waals surface area contributed by atoms with Crippen molar-refractivity contribution in [1.82, 2.24) is 4.90 Å². The second-order valence-electron chi connectivity index (χ2n) is 5.30. The second kappa shape index (κ2) is 9.30. The number of amides is 1. The maximum absolute atomic E-state index is 12.5. The Bertz CT molecular complexity index is 642. The summed E-state index contributed by atoms with van der Waals surface area (Å²) in [5.74, 6) is 1.40. The first-order chi connectivity index (χ1) is 11.7. The largest absolute Gasteiger partial charge is 0.497 e. The first-order valence-electron chi connectivity index (χ1n) is 7.80. The minimum Gasteiger partial charge on any atom is -0.497 e. The summed E-state index contributed by atoms with van der Waals surface area (Å²) in [5.41, 5.74) is 0.885. The van der Waals surface area contributed by atoms with Crippen molar-refractivity contribution < 1.29 is 19.4 Å². The van der Waals surface area contributed by atoms with Crippen LogP contribution in [0.15, 0.2) is 35.7 Å². The van der Waals surface area contributed by atoms with Crippen LogP contribution < -0.4 is 9.47 Å². The number of aryl methyl sites for hydroxylation is 1. The van der Waals surface area contributed by atoms with Gasteiger partial charge < -0.3 is 19.5 Å². The second-order valence-corrected chi connectivity index (χ2v) is 6.33. The Morgan fingerprint density at radius 2 is 2.08 bits per heavy atom. The zero-order valence-electron chi connectivity index (χ0n) is 14.0. The summed E-state index contributed by atoms with van der Waals surface area (Å²) in [4.78, 5) is 15.4. The summed E-state index contributed by atoms with van der Waals surface area (Å²) in [5, 5.41) is 11.3. The highest BCUT2D eigenvalue weighted by Gasteiger charge is 2.16. The number of nitrogens with zero attached hydrogens (tertiary/aromatic N) is 1. The van der Waals surface area contributed by atoms with E-state index in [9.17, 15) is 9.90 Å². The van der Waals surface area contributed by atoms with Crippen LogP contribution in [-0.4, -0.2) is 43.3 Å². The molecule has 0 aliphatic rings. The summed E-state index contributed by atoms with van der Waals surface area (Å²) in [7, 11) is 3.19. The van der Waals surface area contributed by atoms with E-state index in [1.807, 2.05) is 29.6 Å². The van der Waals surface area contributed by atoms with Crippen molar-refractivity contribution in [2.45, 2.75) is 19.4 Å². The molecule has 1 amide bonds. The van der Waals surface area contributed by atoms with Crippen molar-refractivity contribution in [3.05, 3.63) is 46.2 Å². The van der Waals surface area contributed by atoms with Crippen LogP contribution >= 0.6 is 11.3 Å². The molecule has 0 bridgehead atoms. The van der Waals surface area contributed by atoms with Crippen molar-refractivity contribution in [2.24, 2.45) is 0 Å². The Labute approximate surface area is 146 Å². The molecule has 0 atom stereocenters. The van der Waals surface area contributed by atoms with Crippen LogP contribution in [0.25, 0.3) is 0 Å². The number of aliphatic hydroxyl groups is 1. The first kappa shape index (κ1) is 18.3. The number of benzene rings is 1. The molecule has 1 aromatic heterocycles. The Balaban J connectivity index is 2.05. The van der Waals surface area contributed by atoms with Crippen LogP contribution in [0.1, 0.15) is 16.9 Å². The van der Waals surface area contributed by atoms with E-state index in [4.69, 9.17) is 9.47 Å². The van der Waals surface area contributed by atoms with Crippen LogP contribution in [0.5, 0.6) is 11.5 Å². The Morgan fingerprint density at radius 1 is 1.25 bits per heavy atom. The number of rotatable bonds is 9. The van der Waals surface area contributed by atoms with Gasteiger partial charge in [0, 0.05) is 36.0 Å². The predicted octanol–water partition coefficient (Wildman–Crippen LogP) is 2.72. The highest BCUT2D eigenvalue weighted by atomic mass is 32.1. The van der Waals surface area contributed by atoms with Gasteiger partial charge in [0.25, 0.3) is 0 Å². The van der Waals surface area contributed by atoms with Crippen LogP contribution in [0.4, 0.5) is 0 Å². The van der Waals surface area contributed by atoms with Gasteiger partial charge in [0.2, 0.25) is 5.91 Å². The average Bonchev–Trinajstić information content (AvgIpc) is 3.13. The van der Waals surface area contributed by atoms with E-state index in [1.54, 1.807) is 36.5 Å². The van der Waals surface area contributed by atoms with Crippen molar-refractivity contribution in [1.29, 1.82) is 0 Å².